The van der Waals surface area contributed by atoms with Crippen molar-refractivity contribution in [3.05, 3.63) is 47.7 Å². The molecule has 0 aliphatic rings. The zero-order chi connectivity index (χ0) is 18.7. The highest BCUT2D eigenvalue weighted by Crippen LogP contribution is 2.32. The molecule has 0 amide bonds. The third kappa shape index (κ3) is 4.72. The molecule has 1 aromatic heterocycles. The summed E-state index contributed by atoms with van der Waals surface area (Å²) in [6.07, 6.45) is 2.36. The highest BCUT2D eigenvalue weighted by atomic mass is 32.2. The molecular weight excluding hydrogens is 336 g/mol. The molecular formula is C19H26N2O3S. The second-order valence-electron chi connectivity index (χ2n) is 7.03. The fraction of sp³-hybridized carbons (Fsp3) is 0.421. The fourth-order valence-corrected chi connectivity index (χ4v) is 3.54. The van der Waals surface area contributed by atoms with Gasteiger partial charge in [-0.2, -0.15) is 0 Å². The van der Waals surface area contributed by atoms with Crippen molar-refractivity contribution in [1.82, 2.24) is 4.98 Å². The highest BCUT2D eigenvalue weighted by Gasteiger charge is 2.24. The number of hydrogen-bond acceptors (Lipinski definition) is 4. The van der Waals surface area contributed by atoms with E-state index in [4.69, 9.17) is 4.74 Å². The summed E-state index contributed by atoms with van der Waals surface area (Å²) in [7, 11) is -3.82. The number of pyridine rings is 1. The molecule has 0 aliphatic heterocycles. The van der Waals surface area contributed by atoms with Gasteiger partial charge in [-0.3, -0.25) is 4.72 Å². The van der Waals surface area contributed by atoms with Gasteiger partial charge in [0.1, 0.15) is 16.5 Å². The summed E-state index contributed by atoms with van der Waals surface area (Å²) in [6.45, 7) is 10.4. The van der Waals surface area contributed by atoms with Gasteiger partial charge in [-0.1, -0.05) is 39.8 Å². The van der Waals surface area contributed by atoms with Gasteiger partial charge in [0.2, 0.25) is 0 Å². The zero-order valence-corrected chi connectivity index (χ0v) is 16.3. The molecule has 0 bridgehead atoms. The molecule has 1 N–H and O–H groups in total. The lowest BCUT2D eigenvalue weighted by Crippen LogP contribution is -2.18. The molecule has 6 heteroatoms. The van der Waals surface area contributed by atoms with E-state index >= 15 is 0 Å². The van der Waals surface area contributed by atoms with Crippen molar-refractivity contribution in [3.8, 4) is 5.75 Å². The fourth-order valence-electron chi connectivity index (χ4n) is 2.29. The number of nitrogens with zero attached hydrogens (tertiary/aromatic N) is 1. The van der Waals surface area contributed by atoms with Crippen LogP contribution in [0.5, 0.6) is 5.75 Å². The smallest absolute Gasteiger partial charge is 0.266 e. The molecule has 1 aromatic carbocycles. The van der Waals surface area contributed by atoms with Crippen LogP contribution in [0.3, 0.4) is 0 Å². The predicted molar refractivity (Wildman–Crippen MR) is 101 cm³/mol. The lowest BCUT2D eigenvalue weighted by atomic mass is 9.87. The number of aryl methyl sites for hydroxylation is 1. The first-order valence-electron chi connectivity index (χ1n) is 8.37. The molecule has 25 heavy (non-hydrogen) atoms. The van der Waals surface area contributed by atoms with Gasteiger partial charge in [-0.15, -0.1) is 0 Å². The van der Waals surface area contributed by atoms with Gasteiger partial charge in [0, 0.05) is 6.20 Å². The monoisotopic (exact) mass is 362 g/mol. The van der Waals surface area contributed by atoms with Crippen molar-refractivity contribution >= 4 is 15.8 Å². The number of nitrogens with one attached hydrogen (secondary N) is 1. The van der Waals surface area contributed by atoms with Gasteiger partial charge in [-0.25, -0.2) is 13.4 Å². The molecule has 5 nitrogen and oxygen atoms in total. The van der Waals surface area contributed by atoms with Crippen LogP contribution in [0.1, 0.15) is 45.2 Å². The van der Waals surface area contributed by atoms with Crippen molar-refractivity contribution in [2.75, 3.05) is 11.3 Å². The topological polar surface area (TPSA) is 68.3 Å². The van der Waals surface area contributed by atoms with Crippen LogP contribution in [0.15, 0.2) is 41.4 Å². The Bertz CT molecular complexity index is 840. The van der Waals surface area contributed by atoms with E-state index in [9.17, 15) is 8.42 Å². The molecule has 1 heterocycles. The average molecular weight is 362 g/mol. The number of rotatable bonds is 6. The van der Waals surface area contributed by atoms with E-state index in [0.717, 1.165) is 17.5 Å². The van der Waals surface area contributed by atoms with Crippen LogP contribution in [-0.4, -0.2) is 20.0 Å². The number of sulfonamides is 1. The summed E-state index contributed by atoms with van der Waals surface area (Å²) in [5, 5.41) is 0. The number of anilines is 1. The van der Waals surface area contributed by atoms with Crippen LogP contribution in [0.25, 0.3) is 0 Å². The number of benzene rings is 1. The Morgan fingerprint density at radius 3 is 2.52 bits per heavy atom. The summed E-state index contributed by atoms with van der Waals surface area (Å²) >= 11 is 0. The van der Waals surface area contributed by atoms with Crippen LogP contribution < -0.4 is 9.46 Å². The zero-order valence-electron chi connectivity index (χ0n) is 15.5. The molecule has 0 radical (unpaired) electrons. The van der Waals surface area contributed by atoms with Crippen molar-refractivity contribution in [3.63, 3.8) is 0 Å². The normalized spacial score (nSPS) is 12.0. The minimum atomic E-state index is -3.82. The van der Waals surface area contributed by atoms with Gasteiger partial charge in [0.15, 0.2) is 0 Å². The summed E-state index contributed by atoms with van der Waals surface area (Å²) < 4.78 is 34.2. The minimum Gasteiger partial charge on any atom is -0.492 e. The maximum Gasteiger partial charge on any atom is 0.266 e. The van der Waals surface area contributed by atoms with Gasteiger partial charge in [0.25, 0.3) is 10.0 Å². The number of aromatic nitrogens is 1. The minimum absolute atomic E-state index is 0.137. The maximum atomic E-state index is 13.0. The van der Waals surface area contributed by atoms with Crippen LogP contribution in [0.4, 0.5) is 5.82 Å². The van der Waals surface area contributed by atoms with Gasteiger partial charge in [-0.05, 0) is 48.1 Å². The molecule has 0 unspecified atom stereocenters. The molecule has 0 saturated heterocycles. The van der Waals surface area contributed by atoms with Crippen LogP contribution in [-0.2, 0) is 15.4 Å². The Hall–Kier alpha value is -2.08. The van der Waals surface area contributed by atoms with E-state index in [2.05, 4.69) is 9.71 Å². The third-order valence-corrected chi connectivity index (χ3v) is 5.16. The molecule has 0 saturated carbocycles. The second-order valence-corrected chi connectivity index (χ2v) is 8.69. The van der Waals surface area contributed by atoms with E-state index in [1.165, 1.54) is 0 Å². The Labute approximate surface area is 150 Å². The molecule has 0 atom stereocenters. The van der Waals surface area contributed by atoms with Gasteiger partial charge >= 0.3 is 0 Å². The summed E-state index contributed by atoms with van der Waals surface area (Å²) in [6, 6.07) is 8.91. The van der Waals surface area contributed by atoms with Crippen molar-refractivity contribution in [2.45, 2.75) is 51.3 Å². The summed E-state index contributed by atoms with van der Waals surface area (Å²) in [5.74, 6) is 0.682. The van der Waals surface area contributed by atoms with Crippen molar-refractivity contribution in [1.29, 1.82) is 0 Å². The first kappa shape index (κ1) is 19.2. The largest absolute Gasteiger partial charge is 0.492 e. The molecule has 2 rings (SSSR count). The lowest BCUT2D eigenvalue weighted by molar-refractivity contribution is 0.309. The number of hydrogen-bond donors (Lipinski definition) is 1. The number of ether oxygens (including phenoxy) is 1. The Balaban J connectivity index is 2.51. The van der Waals surface area contributed by atoms with Gasteiger partial charge in [0.05, 0.1) is 6.61 Å². The van der Waals surface area contributed by atoms with Gasteiger partial charge < -0.3 is 4.74 Å². The SMILES string of the molecule is CCCOc1ccc(C(C)(C)C)cc1S(=O)(=O)Nc1ncccc1C. The van der Waals surface area contributed by atoms with Crippen LogP contribution >= 0.6 is 0 Å². The molecule has 0 aliphatic carbocycles. The molecule has 136 valence electrons. The highest BCUT2D eigenvalue weighted by molar-refractivity contribution is 7.92. The second kappa shape index (κ2) is 7.44. The lowest BCUT2D eigenvalue weighted by Gasteiger charge is -2.21. The molecule has 0 fully saturated rings. The van der Waals surface area contributed by atoms with Crippen LogP contribution in [0, 0.1) is 6.92 Å². The Morgan fingerprint density at radius 2 is 1.92 bits per heavy atom. The summed E-state index contributed by atoms with van der Waals surface area (Å²) in [4.78, 5) is 4.26. The average Bonchev–Trinajstić information content (AvgIpc) is 2.54. The standard InChI is InChI=1S/C19H26N2O3S/c1-6-12-24-16-10-9-15(19(3,4)5)13-17(16)25(22,23)21-18-14(2)8-7-11-20-18/h7-11,13H,6,12H2,1-5H3,(H,20,21). The van der Waals surface area contributed by atoms with E-state index in [1.807, 2.05) is 46.8 Å². The van der Waals surface area contributed by atoms with E-state index in [-0.39, 0.29) is 10.3 Å². The Morgan fingerprint density at radius 1 is 1.20 bits per heavy atom. The van der Waals surface area contributed by atoms with Crippen molar-refractivity contribution < 1.29 is 13.2 Å². The predicted octanol–water partition coefficient (Wildman–Crippen LogP) is 4.28. The maximum absolute atomic E-state index is 13.0. The van der Waals surface area contributed by atoms with Crippen LogP contribution in [0.2, 0.25) is 0 Å². The third-order valence-electron chi connectivity index (χ3n) is 3.80. The van der Waals surface area contributed by atoms with Crippen molar-refractivity contribution in [2.24, 2.45) is 0 Å². The molecule has 2 aromatic rings. The summed E-state index contributed by atoms with van der Waals surface area (Å²) in [5.41, 5.74) is 1.51. The Kier molecular flexibility index (Phi) is 5.72. The van der Waals surface area contributed by atoms with E-state index in [1.54, 1.807) is 24.4 Å². The molecule has 0 spiro atoms. The first-order valence-corrected chi connectivity index (χ1v) is 9.85. The quantitative estimate of drug-likeness (QED) is 0.833. The van der Waals surface area contributed by atoms with E-state index in [0.29, 0.717) is 18.2 Å². The van der Waals surface area contributed by atoms with E-state index < -0.39 is 10.0 Å². The first-order chi connectivity index (χ1) is 11.6.